The van der Waals surface area contributed by atoms with Crippen molar-refractivity contribution in [3.63, 3.8) is 0 Å². The Kier molecular flexibility index (Phi) is 6.39. The third-order valence-electron chi connectivity index (χ3n) is 2.99. The largest absolute Gasteiger partial charge is 0.392 e. The molecule has 1 aromatic rings. The molecule has 0 aliphatic heterocycles. The Labute approximate surface area is 122 Å². The highest BCUT2D eigenvalue weighted by Gasteiger charge is 2.16. The van der Waals surface area contributed by atoms with Crippen LogP contribution in [0.15, 0.2) is 18.2 Å². The van der Waals surface area contributed by atoms with Gasteiger partial charge in [-0.1, -0.05) is 31.5 Å². The highest BCUT2D eigenvalue weighted by Crippen LogP contribution is 2.19. The van der Waals surface area contributed by atoms with E-state index in [-0.39, 0.29) is 29.8 Å². The number of halogens is 2. The topological polar surface area (TPSA) is 69.6 Å². The Morgan fingerprint density at radius 3 is 2.60 bits per heavy atom. The summed E-state index contributed by atoms with van der Waals surface area (Å²) in [6.45, 7) is 3.57. The van der Waals surface area contributed by atoms with E-state index in [2.05, 4.69) is 5.32 Å². The van der Waals surface area contributed by atoms with Crippen molar-refractivity contribution in [1.82, 2.24) is 5.32 Å². The minimum Gasteiger partial charge on any atom is -0.392 e. The molecular formula is C14H19ClFNO3. The molecule has 4 nitrogen and oxygen atoms in total. The molecule has 0 saturated carbocycles. The minimum absolute atomic E-state index is 0.0176. The van der Waals surface area contributed by atoms with Crippen LogP contribution < -0.4 is 5.32 Å². The van der Waals surface area contributed by atoms with Crippen molar-refractivity contribution in [2.45, 2.75) is 32.5 Å². The first-order valence-electron chi connectivity index (χ1n) is 6.39. The van der Waals surface area contributed by atoms with Crippen LogP contribution in [0.3, 0.4) is 0 Å². The van der Waals surface area contributed by atoms with Crippen molar-refractivity contribution in [3.05, 3.63) is 34.6 Å². The summed E-state index contributed by atoms with van der Waals surface area (Å²) in [5.74, 6) is -1.000. The first-order chi connectivity index (χ1) is 9.31. The Morgan fingerprint density at radius 1 is 1.40 bits per heavy atom. The summed E-state index contributed by atoms with van der Waals surface area (Å²) < 4.78 is 13.2. The van der Waals surface area contributed by atoms with E-state index in [1.807, 2.05) is 13.8 Å². The molecule has 1 amide bonds. The molecule has 2 atom stereocenters. The molecule has 0 bridgehead atoms. The molecule has 0 fully saturated rings. The average molecular weight is 304 g/mol. The molecule has 0 aromatic heterocycles. The first kappa shape index (κ1) is 16.9. The molecular weight excluding hydrogens is 285 g/mol. The number of hydrogen-bond acceptors (Lipinski definition) is 3. The number of aliphatic hydroxyl groups excluding tert-OH is 2. The number of carbonyl (C=O) groups excluding carboxylic acids is 1. The van der Waals surface area contributed by atoms with Gasteiger partial charge in [0.15, 0.2) is 0 Å². The fourth-order valence-corrected chi connectivity index (χ4v) is 1.66. The Hall–Kier alpha value is -1.17. The van der Waals surface area contributed by atoms with Gasteiger partial charge in [-0.05, 0) is 23.6 Å². The summed E-state index contributed by atoms with van der Waals surface area (Å²) in [6, 6.07) is 3.97. The summed E-state index contributed by atoms with van der Waals surface area (Å²) in [5, 5.41) is 21.9. The van der Waals surface area contributed by atoms with Gasteiger partial charge in [-0.15, -0.1) is 0 Å². The summed E-state index contributed by atoms with van der Waals surface area (Å²) in [4.78, 5) is 11.5. The van der Waals surface area contributed by atoms with Crippen molar-refractivity contribution >= 4 is 17.5 Å². The fourth-order valence-electron chi connectivity index (χ4n) is 1.55. The van der Waals surface area contributed by atoms with Gasteiger partial charge in [-0.2, -0.15) is 0 Å². The molecule has 6 heteroatoms. The van der Waals surface area contributed by atoms with E-state index < -0.39 is 18.0 Å². The lowest BCUT2D eigenvalue weighted by molar-refractivity contribution is -0.124. The smallest absolute Gasteiger partial charge is 0.222 e. The van der Waals surface area contributed by atoms with Crippen LogP contribution >= 0.6 is 11.6 Å². The second kappa shape index (κ2) is 7.57. The summed E-state index contributed by atoms with van der Waals surface area (Å²) in [6.07, 6.45) is -1.78. The van der Waals surface area contributed by atoms with Gasteiger partial charge in [0.2, 0.25) is 5.91 Å². The molecule has 0 aliphatic carbocycles. The highest BCUT2D eigenvalue weighted by atomic mass is 35.5. The van der Waals surface area contributed by atoms with Crippen molar-refractivity contribution < 1.29 is 19.4 Å². The summed E-state index contributed by atoms with van der Waals surface area (Å²) in [7, 11) is 0. The van der Waals surface area contributed by atoms with E-state index in [1.54, 1.807) is 0 Å². The van der Waals surface area contributed by atoms with E-state index in [9.17, 15) is 19.4 Å². The molecule has 0 heterocycles. The summed E-state index contributed by atoms with van der Waals surface area (Å²) in [5.41, 5.74) is 0.330. The van der Waals surface area contributed by atoms with E-state index in [0.717, 1.165) is 6.07 Å². The number of hydrogen-bond donors (Lipinski definition) is 3. The highest BCUT2D eigenvalue weighted by molar-refractivity contribution is 6.30. The number of nitrogens with one attached hydrogen (secondary N) is 1. The van der Waals surface area contributed by atoms with Crippen LogP contribution in [-0.2, 0) is 4.79 Å². The second-order valence-electron chi connectivity index (χ2n) is 5.01. The maximum atomic E-state index is 13.2. The predicted molar refractivity (Wildman–Crippen MR) is 74.8 cm³/mol. The van der Waals surface area contributed by atoms with E-state index in [1.165, 1.54) is 12.1 Å². The van der Waals surface area contributed by atoms with Crippen LogP contribution in [0, 0.1) is 11.7 Å². The average Bonchev–Trinajstić information content (AvgIpc) is 2.39. The third kappa shape index (κ3) is 5.07. The van der Waals surface area contributed by atoms with Crippen LogP contribution in [-0.4, -0.2) is 28.8 Å². The number of rotatable bonds is 6. The van der Waals surface area contributed by atoms with Crippen LogP contribution in [0.2, 0.25) is 5.02 Å². The Bertz CT molecular complexity index is 468. The van der Waals surface area contributed by atoms with Crippen LogP contribution in [0.25, 0.3) is 0 Å². The number of aliphatic hydroxyl groups is 2. The van der Waals surface area contributed by atoms with Crippen molar-refractivity contribution in [3.8, 4) is 0 Å². The zero-order chi connectivity index (χ0) is 15.3. The molecule has 2 unspecified atom stereocenters. The predicted octanol–water partition coefficient (Wildman–Crippen LogP) is 2.04. The van der Waals surface area contributed by atoms with E-state index in [4.69, 9.17) is 11.6 Å². The van der Waals surface area contributed by atoms with Crippen LogP contribution in [0.5, 0.6) is 0 Å². The molecule has 0 spiro atoms. The third-order valence-corrected chi connectivity index (χ3v) is 3.29. The van der Waals surface area contributed by atoms with Crippen molar-refractivity contribution in [1.29, 1.82) is 0 Å². The summed E-state index contributed by atoms with van der Waals surface area (Å²) >= 11 is 5.55. The lowest BCUT2D eigenvalue weighted by atomic mass is 10.0. The maximum absolute atomic E-state index is 13.2. The zero-order valence-corrected chi connectivity index (χ0v) is 12.2. The van der Waals surface area contributed by atoms with Crippen molar-refractivity contribution in [2.75, 3.05) is 6.54 Å². The minimum atomic E-state index is -1.03. The molecule has 0 radical (unpaired) electrons. The second-order valence-corrected chi connectivity index (χ2v) is 5.42. The van der Waals surface area contributed by atoms with Gasteiger partial charge in [0.1, 0.15) is 5.82 Å². The lowest BCUT2D eigenvalue weighted by Crippen LogP contribution is -2.32. The van der Waals surface area contributed by atoms with Gasteiger partial charge in [0.25, 0.3) is 0 Å². The number of benzene rings is 1. The molecule has 3 N–H and O–H groups in total. The normalized spacial score (nSPS) is 14.2. The van der Waals surface area contributed by atoms with E-state index >= 15 is 0 Å². The van der Waals surface area contributed by atoms with Gasteiger partial charge in [-0.25, -0.2) is 4.39 Å². The van der Waals surface area contributed by atoms with Gasteiger partial charge in [0, 0.05) is 6.54 Å². The van der Waals surface area contributed by atoms with E-state index in [0.29, 0.717) is 5.56 Å². The molecule has 20 heavy (non-hydrogen) atoms. The van der Waals surface area contributed by atoms with Gasteiger partial charge in [0.05, 0.1) is 23.7 Å². The molecule has 0 aliphatic rings. The fraction of sp³-hybridized carbons (Fsp3) is 0.500. The van der Waals surface area contributed by atoms with Gasteiger partial charge < -0.3 is 15.5 Å². The van der Waals surface area contributed by atoms with Crippen LogP contribution in [0.4, 0.5) is 4.39 Å². The SMILES string of the molecule is CC(C)C(O)CC(=O)NCC(O)c1ccc(Cl)c(F)c1. The van der Waals surface area contributed by atoms with Gasteiger partial charge >= 0.3 is 0 Å². The lowest BCUT2D eigenvalue weighted by Gasteiger charge is -2.16. The Morgan fingerprint density at radius 2 is 2.05 bits per heavy atom. The van der Waals surface area contributed by atoms with Crippen LogP contribution in [0.1, 0.15) is 31.9 Å². The first-order valence-corrected chi connectivity index (χ1v) is 6.76. The zero-order valence-electron chi connectivity index (χ0n) is 11.4. The van der Waals surface area contributed by atoms with Crippen molar-refractivity contribution in [2.24, 2.45) is 5.92 Å². The van der Waals surface area contributed by atoms with Gasteiger partial charge in [-0.3, -0.25) is 4.79 Å². The molecule has 0 saturated heterocycles. The number of amides is 1. The Balaban J connectivity index is 2.48. The number of carbonyl (C=O) groups is 1. The molecule has 1 rings (SSSR count). The molecule has 112 valence electrons. The standard InChI is InChI=1S/C14H19ClFNO3/c1-8(2)12(18)6-14(20)17-7-13(19)9-3-4-10(15)11(16)5-9/h3-5,8,12-13,18-19H,6-7H2,1-2H3,(H,17,20). The maximum Gasteiger partial charge on any atom is 0.222 e. The monoisotopic (exact) mass is 303 g/mol. The molecule has 1 aromatic carbocycles. The quantitative estimate of drug-likeness (QED) is 0.753.